The number of anilines is 2. The van der Waals surface area contributed by atoms with Crippen LogP contribution in [-0.4, -0.2) is 63.0 Å². The lowest BCUT2D eigenvalue weighted by Gasteiger charge is -2.34. The summed E-state index contributed by atoms with van der Waals surface area (Å²) >= 11 is 0. The Morgan fingerprint density at radius 3 is 2.46 bits per heavy atom. The third-order valence-electron chi connectivity index (χ3n) is 5.41. The second-order valence-corrected chi connectivity index (χ2v) is 7.53. The number of carbonyl (C=O) groups is 1. The lowest BCUT2D eigenvalue weighted by atomic mass is 9.96. The molecule has 3 heterocycles. The number of piperazine rings is 1. The van der Waals surface area contributed by atoms with E-state index in [4.69, 9.17) is 0 Å². The molecule has 0 aromatic carbocycles. The van der Waals surface area contributed by atoms with Crippen LogP contribution in [0.2, 0.25) is 0 Å². The summed E-state index contributed by atoms with van der Waals surface area (Å²) in [6, 6.07) is 3.99. The van der Waals surface area contributed by atoms with E-state index in [9.17, 15) is 4.79 Å². The first kappa shape index (κ1) is 18.6. The minimum absolute atomic E-state index is 0.0363. The molecule has 1 amide bonds. The summed E-state index contributed by atoms with van der Waals surface area (Å²) < 4.78 is 0. The van der Waals surface area contributed by atoms with Crippen LogP contribution in [0.1, 0.15) is 48.3 Å². The average Bonchev–Trinajstić information content (AvgIpc) is 2.74. The Kier molecular flexibility index (Phi) is 5.64. The van der Waals surface area contributed by atoms with Gasteiger partial charge in [-0.2, -0.15) is 0 Å². The zero-order valence-corrected chi connectivity index (χ0v) is 16.3. The van der Waals surface area contributed by atoms with Crippen molar-refractivity contribution in [2.45, 2.75) is 45.1 Å². The number of hydrogen-bond acceptors (Lipinski definition) is 7. The number of aryl methyl sites for hydroxylation is 1. The molecule has 0 atom stereocenters. The molecule has 0 bridgehead atoms. The first-order chi connectivity index (χ1) is 13.7. The number of nitrogens with zero attached hydrogens (tertiary/aromatic N) is 6. The standard InChI is InChI=1S/C20H27N7O/c1-15-14-17(25-19(23-15)24-16-6-3-2-4-7-16)18(28)26-10-12-27(13-11-26)20-21-8-5-9-22-20/h5,8-9,14,16H,2-4,6-7,10-13H2,1H3,(H,23,24,25). The van der Waals surface area contributed by atoms with Gasteiger partial charge >= 0.3 is 0 Å². The molecule has 148 valence electrons. The van der Waals surface area contributed by atoms with Gasteiger partial charge in [-0.05, 0) is 31.9 Å². The van der Waals surface area contributed by atoms with Gasteiger partial charge in [0.05, 0.1) is 0 Å². The van der Waals surface area contributed by atoms with Crippen LogP contribution in [0.5, 0.6) is 0 Å². The maximum absolute atomic E-state index is 13.0. The summed E-state index contributed by atoms with van der Waals surface area (Å²) in [7, 11) is 0. The lowest BCUT2D eigenvalue weighted by molar-refractivity contribution is 0.0740. The van der Waals surface area contributed by atoms with Crippen molar-refractivity contribution in [1.29, 1.82) is 0 Å². The molecular weight excluding hydrogens is 354 g/mol. The summed E-state index contributed by atoms with van der Waals surface area (Å²) in [6.07, 6.45) is 9.55. The summed E-state index contributed by atoms with van der Waals surface area (Å²) in [5.41, 5.74) is 1.28. The molecule has 2 aliphatic rings. The molecule has 0 spiro atoms. The monoisotopic (exact) mass is 381 g/mol. The van der Waals surface area contributed by atoms with Gasteiger partial charge in [0, 0.05) is 50.3 Å². The second-order valence-electron chi connectivity index (χ2n) is 7.53. The highest BCUT2D eigenvalue weighted by Crippen LogP contribution is 2.21. The topological polar surface area (TPSA) is 87.1 Å². The minimum atomic E-state index is -0.0363. The molecule has 2 aromatic rings. The van der Waals surface area contributed by atoms with Crippen molar-refractivity contribution in [1.82, 2.24) is 24.8 Å². The van der Waals surface area contributed by atoms with Gasteiger partial charge in [-0.15, -0.1) is 0 Å². The minimum Gasteiger partial charge on any atom is -0.351 e. The van der Waals surface area contributed by atoms with Gasteiger partial charge in [0.1, 0.15) is 5.69 Å². The van der Waals surface area contributed by atoms with Crippen molar-refractivity contribution in [3.8, 4) is 0 Å². The zero-order valence-electron chi connectivity index (χ0n) is 16.3. The number of hydrogen-bond donors (Lipinski definition) is 1. The van der Waals surface area contributed by atoms with Crippen LogP contribution >= 0.6 is 0 Å². The van der Waals surface area contributed by atoms with Crippen LogP contribution in [0.25, 0.3) is 0 Å². The Labute approximate surface area is 165 Å². The Morgan fingerprint density at radius 2 is 1.75 bits per heavy atom. The van der Waals surface area contributed by atoms with Crippen LogP contribution < -0.4 is 10.2 Å². The number of aromatic nitrogens is 4. The highest BCUT2D eigenvalue weighted by molar-refractivity contribution is 5.92. The highest BCUT2D eigenvalue weighted by Gasteiger charge is 2.25. The fourth-order valence-corrected chi connectivity index (χ4v) is 3.90. The predicted octanol–water partition coefficient (Wildman–Crippen LogP) is 2.28. The Bertz CT molecular complexity index is 799. The molecule has 1 N–H and O–H groups in total. The van der Waals surface area contributed by atoms with Crippen LogP contribution in [0.4, 0.5) is 11.9 Å². The molecule has 2 aromatic heterocycles. The van der Waals surface area contributed by atoms with Crippen LogP contribution in [0, 0.1) is 6.92 Å². The van der Waals surface area contributed by atoms with Crippen molar-refractivity contribution in [2.75, 3.05) is 36.4 Å². The molecule has 4 rings (SSSR count). The lowest BCUT2D eigenvalue weighted by Crippen LogP contribution is -2.49. The van der Waals surface area contributed by atoms with E-state index in [0.717, 1.165) is 18.5 Å². The third-order valence-corrected chi connectivity index (χ3v) is 5.41. The van der Waals surface area contributed by atoms with E-state index in [1.165, 1.54) is 19.3 Å². The molecule has 0 unspecified atom stereocenters. The molecule has 8 nitrogen and oxygen atoms in total. The maximum Gasteiger partial charge on any atom is 0.272 e. The van der Waals surface area contributed by atoms with E-state index in [2.05, 4.69) is 30.2 Å². The van der Waals surface area contributed by atoms with Crippen LogP contribution in [-0.2, 0) is 0 Å². The van der Waals surface area contributed by atoms with E-state index in [1.54, 1.807) is 24.5 Å². The van der Waals surface area contributed by atoms with Crippen molar-refractivity contribution in [3.05, 3.63) is 35.9 Å². The number of nitrogens with one attached hydrogen (secondary N) is 1. The quantitative estimate of drug-likeness (QED) is 0.869. The molecular formula is C20H27N7O. The molecule has 1 aliphatic carbocycles. The van der Waals surface area contributed by atoms with Crippen molar-refractivity contribution < 1.29 is 4.79 Å². The number of amides is 1. The highest BCUT2D eigenvalue weighted by atomic mass is 16.2. The molecule has 0 radical (unpaired) electrons. The van der Waals surface area contributed by atoms with Gasteiger partial charge in [0.15, 0.2) is 0 Å². The van der Waals surface area contributed by atoms with Crippen molar-refractivity contribution >= 4 is 17.8 Å². The van der Waals surface area contributed by atoms with Crippen molar-refractivity contribution in [2.24, 2.45) is 0 Å². The third kappa shape index (κ3) is 4.37. The maximum atomic E-state index is 13.0. The Hall–Kier alpha value is -2.77. The first-order valence-electron chi connectivity index (χ1n) is 10.1. The van der Waals surface area contributed by atoms with Gasteiger partial charge in [-0.1, -0.05) is 19.3 Å². The summed E-state index contributed by atoms with van der Waals surface area (Å²) in [5.74, 6) is 1.25. The number of carbonyl (C=O) groups excluding carboxylic acids is 1. The normalized spacial score (nSPS) is 18.2. The van der Waals surface area contributed by atoms with Gasteiger partial charge in [-0.25, -0.2) is 19.9 Å². The number of rotatable bonds is 4. The van der Waals surface area contributed by atoms with Crippen LogP contribution in [0.15, 0.2) is 24.5 Å². The zero-order chi connectivity index (χ0) is 19.3. The fraction of sp³-hybridized carbons (Fsp3) is 0.550. The molecule has 8 heteroatoms. The molecule has 1 saturated heterocycles. The van der Waals surface area contributed by atoms with E-state index in [1.807, 2.05) is 11.8 Å². The van der Waals surface area contributed by atoms with Gasteiger partial charge < -0.3 is 15.1 Å². The van der Waals surface area contributed by atoms with Gasteiger partial charge in [0.2, 0.25) is 11.9 Å². The van der Waals surface area contributed by atoms with E-state index in [-0.39, 0.29) is 5.91 Å². The van der Waals surface area contributed by atoms with E-state index in [0.29, 0.717) is 49.8 Å². The predicted molar refractivity (Wildman–Crippen MR) is 107 cm³/mol. The van der Waals surface area contributed by atoms with Gasteiger partial charge in [0.25, 0.3) is 5.91 Å². The summed E-state index contributed by atoms with van der Waals surface area (Å²) in [5, 5.41) is 3.43. The Balaban J connectivity index is 1.40. The largest absolute Gasteiger partial charge is 0.351 e. The molecule has 1 aliphatic heterocycles. The SMILES string of the molecule is Cc1cc(C(=O)N2CCN(c3ncccn3)CC2)nc(NC2CCCCC2)n1. The van der Waals surface area contributed by atoms with E-state index >= 15 is 0 Å². The van der Waals surface area contributed by atoms with Crippen LogP contribution in [0.3, 0.4) is 0 Å². The smallest absolute Gasteiger partial charge is 0.272 e. The average molecular weight is 381 g/mol. The van der Waals surface area contributed by atoms with Crippen molar-refractivity contribution in [3.63, 3.8) is 0 Å². The second kappa shape index (κ2) is 8.50. The first-order valence-corrected chi connectivity index (χ1v) is 10.1. The van der Waals surface area contributed by atoms with Gasteiger partial charge in [-0.3, -0.25) is 4.79 Å². The summed E-state index contributed by atoms with van der Waals surface area (Å²) in [6.45, 7) is 4.60. The van der Waals surface area contributed by atoms with E-state index < -0.39 is 0 Å². The fourth-order valence-electron chi connectivity index (χ4n) is 3.90. The molecule has 2 fully saturated rings. The molecule has 28 heavy (non-hydrogen) atoms. The summed E-state index contributed by atoms with van der Waals surface area (Å²) in [4.78, 5) is 34.6. The molecule has 1 saturated carbocycles. The Morgan fingerprint density at radius 1 is 1.04 bits per heavy atom.